The third-order valence-electron chi connectivity index (χ3n) is 3.78. The Balaban J connectivity index is 1.52. The quantitative estimate of drug-likeness (QED) is 0.727. The summed E-state index contributed by atoms with van der Waals surface area (Å²) in [6.07, 6.45) is 4.38. The second kappa shape index (κ2) is 8.10. The van der Waals surface area contributed by atoms with Gasteiger partial charge >= 0.3 is 6.03 Å². The predicted molar refractivity (Wildman–Crippen MR) is 96.8 cm³/mol. The maximum Gasteiger partial charge on any atom is 0.315 e. The van der Waals surface area contributed by atoms with Crippen molar-refractivity contribution in [2.24, 2.45) is 7.05 Å². The van der Waals surface area contributed by atoms with Crippen molar-refractivity contribution in [2.45, 2.75) is 13.0 Å². The van der Waals surface area contributed by atoms with Crippen molar-refractivity contribution in [3.63, 3.8) is 0 Å². The molecule has 0 spiro atoms. The second-order valence-electron chi connectivity index (χ2n) is 5.72. The van der Waals surface area contributed by atoms with Crippen LogP contribution in [0, 0.1) is 0 Å². The summed E-state index contributed by atoms with van der Waals surface area (Å²) in [6, 6.07) is 15.5. The molecule has 0 radical (unpaired) electrons. The molecule has 2 heterocycles. The van der Waals surface area contributed by atoms with Gasteiger partial charge in [0.2, 0.25) is 0 Å². The van der Waals surface area contributed by atoms with Gasteiger partial charge in [-0.15, -0.1) is 0 Å². The van der Waals surface area contributed by atoms with Crippen LogP contribution < -0.4 is 10.6 Å². The number of benzene rings is 1. The molecule has 0 aliphatic rings. The molecule has 128 valence electrons. The number of nitrogens with one attached hydrogen (secondary N) is 2. The first-order valence-electron chi connectivity index (χ1n) is 8.22. The molecular weight excluding hydrogens is 314 g/mol. The van der Waals surface area contributed by atoms with Crippen molar-refractivity contribution in [1.29, 1.82) is 0 Å². The lowest BCUT2D eigenvalue weighted by Gasteiger charge is -2.07. The van der Waals surface area contributed by atoms with E-state index >= 15 is 0 Å². The van der Waals surface area contributed by atoms with E-state index in [1.807, 2.05) is 61.8 Å². The number of aromatic nitrogens is 3. The lowest BCUT2D eigenvalue weighted by Crippen LogP contribution is -2.36. The molecule has 0 bridgehead atoms. The Labute approximate surface area is 146 Å². The molecule has 0 saturated carbocycles. The molecule has 0 aliphatic heterocycles. The largest absolute Gasteiger partial charge is 0.338 e. The van der Waals surface area contributed by atoms with Crippen molar-refractivity contribution in [3.05, 3.63) is 72.2 Å². The zero-order chi connectivity index (χ0) is 17.5. The van der Waals surface area contributed by atoms with Gasteiger partial charge < -0.3 is 10.6 Å². The van der Waals surface area contributed by atoms with Crippen LogP contribution in [0.1, 0.15) is 11.3 Å². The number of aryl methyl sites for hydroxylation is 1. The van der Waals surface area contributed by atoms with Crippen LogP contribution in [0.25, 0.3) is 11.3 Å². The van der Waals surface area contributed by atoms with E-state index in [0.29, 0.717) is 19.5 Å². The summed E-state index contributed by atoms with van der Waals surface area (Å²) in [5, 5.41) is 10.2. The summed E-state index contributed by atoms with van der Waals surface area (Å²) in [6.45, 7) is 0.967. The van der Waals surface area contributed by atoms with Crippen LogP contribution in [0.5, 0.6) is 0 Å². The summed E-state index contributed by atoms with van der Waals surface area (Å²) < 4.78 is 1.76. The summed E-state index contributed by atoms with van der Waals surface area (Å²) in [4.78, 5) is 16.2. The van der Waals surface area contributed by atoms with Crippen LogP contribution in [0.4, 0.5) is 4.79 Å². The molecule has 0 atom stereocenters. The van der Waals surface area contributed by atoms with Crippen LogP contribution in [0.3, 0.4) is 0 Å². The van der Waals surface area contributed by atoms with Crippen LogP contribution in [0.15, 0.2) is 60.9 Å². The molecule has 3 rings (SSSR count). The lowest BCUT2D eigenvalue weighted by molar-refractivity contribution is 0.240. The molecule has 0 saturated heterocycles. The fourth-order valence-corrected chi connectivity index (χ4v) is 2.59. The number of amides is 2. The molecule has 2 aromatic heterocycles. The normalized spacial score (nSPS) is 10.4. The van der Waals surface area contributed by atoms with Crippen molar-refractivity contribution in [2.75, 3.05) is 6.54 Å². The first kappa shape index (κ1) is 16.7. The smallest absolute Gasteiger partial charge is 0.315 e. The van der Waals surface area contributed by atoms with E-state index in [4.69, 9.17) is 0 Å². The van der Waals surface area contributed by atoms with Gasteiger partial charge in [0.15, 0.2) is 0 Å². The Bertz CT molecular complexity index is 814. The second-order valence-corrected chi connectivity index (χ2v) is 5.72. The number of urea groups is 1. The molecule has 0 unspecified atom stereocenters. The first-order valence-corrected chi connectivity index (χ1v) is 8.22. The van der Waals surface area contributed by atoms with Crippen molar-refractivity contribution in [3.8, 4) is 11.3 Å². The van der Waals surface area contributed by atoms with Gasteiger partial charge in [0, 0.05) is 55.8 Å². The molecular formula is C19H21N5O. The standard InChI is InChI=1S/C19H21N5O/c1-24-14-16(18(23-24)15-7-3-2-4-8-15)13-22-19(25)21-12-10-17-9-5-6-11-20-17/h2-9,11,14H,10,12-13H2,1H3,(H2,21,22,25). The van der Waals surface area contributed by atoms with E-state index in [9.17, 15) is 4.79 Å². The van der Waals surface area contributed by atoms with Gasteiger partial charge in [-0.1, -0.05) is 36.4 Å². The Morgan fingerprint density at radius 1 is 1.08 bits per heavy atom. The fraction of sp³-hybridized carbons (Fsp3) is 0.211. The highest BCUT2D eigenvalue weighted by molar-refractivity contribution is 5.74. The molecule has 0 fully saturated rings. The first-order chi connectivity index (χ1) is 12.2. The predicted octanol–water partition coefficient (Wildman–Crippen LogP) is 2.52. The number of nitrogens with zero attached hydrogens (tertiary/aromatic N) is 3. The highest BCUT2D eigenvalue weighted by Crippen LogP contribution is 2.21. The van der Waals surface area contributed by atoms with Crippen LogP contribution in [0.2, 0.25) is 0 Å². The molecule has 1 aromatic carbocycles. The average Bonchev–Trinajstić information content (AvgIpc) is 3.02. The van der Waals surface area contributed by atoms with E-state index in [1.54, 1.807) is 10.9 Å². The van der Waals surface area contributed by atoms with Crippen molar-refractivity contribution >= 4 is 6.03 Å². The number of hydrogen-bond donors (Lipinski definition) is 2. The van der Waals surface area contributed by atoms with Gasteiger partial charge in [-0.25, -0.2) is 4.79 Å². The molecule has 2 amide bonds. The molecule has 25 heavy (non-hydrogen) atoms. The van der Waals surface area contributed by atoms with E-state index in [1.165, 1.54) is 0 Å². The maximum atomic E-state index is 12.0. The minimum atomic E-state index is -0.196. The number of pyridine rings is 1. The van der Waals surface area contributed by atoms with Crippen LogP contribution in [-0.2, 0) is 20.0 Å². The Hall–Kier alpha value is -3.15. The van der Waals surface area contributed by atoms with E-state index in [0.717, 1.165) is 22.5 Å². The maximum absolute atomic E-state index is 12.0. The van der Waals surface area contributed by atoms with Gasteiger partial charge in [0.25, 0.3) is 0 Å². The van der Waals surface area contributed by atoms with Gasteiger partial charge in [0.1, 0.15) is 0 Å². The highest BCUT2D eigenvalue weighted by Gasteiger charge is 2.11. The summed E-state index contributed by atoms with van der Waals surface area (Å²) >= 11 is 0. The van der Waals surface area contributed by atoms with Gasteiger partial charge in [-0.05, 0) is 12.1 Å². The van der Waals surface area contributed by atoms with Gasteiger partial charge in [-0.2, -0.15) is 5.10 Å². The summed E-state index contributed by atoms with van der Waals surface area (Å²) in [5.41, 5.74) is 3.86. The molecule has 2 N–H and O–H groups in total. The minimum Gasteiger partial charge on any atom is -0.338 e. The zero-order valence-electron chi connectivity index (χ0n) is 14.1. The topological polar surface area (TPSA) is 71.8 Å². The fourth-order valence-electron chi connectivity index (χ4n) is 2.59. The van der Waals surface area contributed by atoms with Crippen molar-refractivity contribution in [1.82, 2.24) is 25.4 Å². The van der Waals surface area contributed by atoms with Gasteiger partial charge in [0.05, 0.1) is 5.69 Å². The Morgan fingerprint density at radius 2 is 1.88 bits per heavy atom. The van der Waals surface area contributed by atoms with Crippen molar-refractivity contribution < 1.29 is 4.79 Å². The monoisotopic (exact) mass is 335 g/mol. The van der Waals surface area contributed by atoms with Crippen LogP contribution >= 0.6 is 0 Å². The summed E-state index contributed by atoms with van der Waals surface area (Å²) in [7, 11) is 1.88. The number of carbonyl (C=O) groups excluding carboxylic acids is 1. The van der Waals surface area contributed by atoms with E-state index < -0.39 is 0 Å². The lowest BCUT2D eigenvalue weighted by atomic mass is 10.1. The van der Waals surface area contributed by atoms with Crippen LogP contribution in [-0.4, -0.2) is 27.3 Å². The van der Waals surface area contributed by atoms with Gasteiger partial charge in [-0.3, -0.25) is 9.67 Å². The molecule has 0 aliphatic carbocycles. The third kappa shape index (κ3) is 4.67. The molecule has 6 heteroatoms. The minimum absolute atomic E-state index is 0.196. The SMILES string of the molecule is Cn1cc(CNC(=O)NCCc2ccccn2)c(-c2ccccc2)n1. The zero-order valence-corrected chi connectivity index (χ0v) is 14.1. The average molecular weight is 335 g/mol. The summed E-state index contributed by atoms with van der Waals surface area (Å²) in [5.74, 6) is 0. The third-order valence-corrected chi connectivity index (χ3v) is 3.78. The molecule has 3 aromatic rings. The van der Waals surface area contributed by atoms with E-state index in [2.05, 4.69) is 20.7 Å². The number of rotatable bonds is 6. The number of hydrogen-bond acceptors (Lipinski definition) is 3. The highest BCUT2D eigenvalue weighted by atomic mass is 16.2. The number of carbonyl (C=O) groups is 1. The Kier molecular flexibility index (Phi) is 5.41. The molecule has 6 nitrogen and oxygen atoms in total. The van der Waals surface area contributed by atoms with E-state index in [-0.39, 0.29) is 6.03 Å². The Morgan fingerprint density at radius 3 is 2.64 bits per heavy atom.